The van der Waals surface area contributed by atoms with Crippen LogP contribution in [0, 0.1) is 6.92 Å². The minimum absolute atomic E-state index is 0.0150. The average molecular weight is 371 g/mol. The maximum absolute atomic E-state index is 11.9. The van der Waals surface area contributed by atoms with E-state index in [1.54, 1.807) is 6.92 Å². The molecule has 26 heavy (non-hydrogen) atoms. The first-order valence-electron chi connectivity index (χ1n) is 8.35. The number of hydrogen-bond donors (Lipinski definition) is 0. The second-order valence-corrected chi connectivity index (χ2v) is 7.20. The Morgan fingerprint density at radius 3 is 3.00 bits per heavy atom. The molecule has 4 rings (SSSR count). The van der Waals surface area contributed by atoms with E-state index in [4.69, 9.17) is 9.47 Å². The second-order valence-electron chi connectivity index (χ2n) is 6.16. The van der Waals surface area contributed by atoms with Gasteiger partial charge in [-0.1, -0.05) is 17.4 Å². The first-order valence-corrected chi connectivity index (χ1v) is 9.17. The lowest BCUT2D eigenvalue weighted by molar-refractivity contribution is -0.147. The molecule has 0 atom stereocenters. The summed E-state index contributed by atoms with van der Waals surface area (Å²) in [5.74, 6) is 0.190. The molecule has 2 heterocycles. The van der Waals surface area contributed by atoms with Crippen molar-refractivity contribution in [2.45, 2.75) is 32.8 Å². The summed E-state index contributed by atoms with van der Waals surface area (Å²) < 4.78 is 11.9. The third-order valence-corrected chi connectivity index (χ3v) is 5.08. The zero-order valence-electron chi connectivity index (χ0n) is 14.2. The molecule has 0 N–H and O–H groups in total. The Morgan fingerprint density at radius 2 is 2.12 bits per heavy atom. The molecule has 1 aliphatic carbocycles. The summed E-state index contributed by atoms with van der Waals surface area (Å²) in [6, 6.07) is 7.33. The first-order chi connectivity index (χ1) is 12.6. The van der Waals surface area contributed by atoms with Gasteiger partial charge in [-0.05, 0) is 49.4 Å². The van der Waals surface area contributed by atoms with Crippen LogP contribution >= 0.6 is 11.3 Å². The van der Waals surface area contributed by atoms with Crippen molar-refractivity contribution in [2.75, 3.05) is 6.61 Å². The molecule has 1 aliphatic rings. The van der Waals surface area contributed by atoms with Crippen LogP contribution in [-0.2, 0) is 29.0 Å². The van der Waals surface area contributed by atoms with Gasteiger partial charge < -0.3 is 9.47 Å². The zero-order valence-corrected chi connectivity index (χ0v) is 15.0. The number of benzene rings is 1. The van der Waals surface area contributed by atoms with E-state index in [0.717, 1.165) is 12.8 Å². The van der Waals surface area contributed by atoms with E-state index in [9.17, 15) is 9.59 Å². The fraction of sp³-hybridized carbons (Fsp3) is 0.333. The van der Waals surface area contributed by atoms with Crippen LogP contribution in [0.2, 0.25) is 0 Å². The molecule has 0 fully saturated rings. The Hall–Kier alpha value is -2.74. The van der Waals surface area contributed by atoms with E-state index in [2.05, 4.69) is 16.1 Å². The number of esters is 1. The van der Waals surface area contributed by atoms with E-state index in [1.807, 2.05) is 12.1 Å². The van der Waals surface area contributed by atoms with Crippen LogP contribution in [0.15, 0.2) is 29.1 Å². The van der Waals surface area contributed by atoms with E-state index >= 15 is 0 Å². The minimum atomic E-state index is -0.485. The van der Waals surface area contributed by atoms with Crippen LogP contribution in [0.4, 0.5) is 0 Å². The summed E-state index contributed by atoms with van der Waals surface area (Å²) in [7, 11) is 0. The molecule has 8 heteroatoms. The van der Waals surface area contributed by atoms with Gasteiger partial charge in [0.2, 0.25) is 4.96 Å². The Balaban J connectivity index is 1.34. The third kappa shape index (κ3) is 3.45. The van der Waals surface area contributed by atoms with Crippen LogP contribution in [0.5, 0.6) is 5.75 Å². The summed E-state index contributed by atoms with van der Waals surface area (Å²) in [5, 5.41) is 4.63. The summed E-state index contributed by atoms with van der Waals surface area (Å²) >= 11 is 1.22. The molecule has 0 spiro atoms. The van der Waals surface area contributed by atoms with Crippen LogP contribution in [-0.4, -0.2) is 27.2 Å². The Kier molecular flexibility index (Phi) is 4.42. The highest BCUT2D eigenvalue weighted by atomic mass is 32.1. The van der Waals surface area contributed by atoms with Crippen LogP contribution in [0.25, 0.3) is 4.96 Å². The number of carbonyl (C=O) groups is 1. The molecule has 0 bridgehead atoms. The summed E-state index contributed by atoms with van der Waals surface area (Å²) in [4.78, 5) is 28.5. The number of nitrogens with zero attached hydrogens (tertiary/aromatic N) is 3. The monoisotopic (exact) mass is 371 g/mol. The highest BCUT2D eigenvalue weighted by Gasteiger charge is 2.13. The van der Waals surface area contributed by atoms with Crippen LogP contribution in [0.1, 0.15) is 28.2 Å². The maximum atomic E-state index is 11.9. The smallest absolute Gasteiger partial charge is 0.344 e. The molecule has 0 saturated carbocycles. The zero-order chi connectivity index (χ0) is 18.1. The van der Waals surface area contributed by atoms with Crippen molar-refractivity contribution in [1.29, 1.82) is 0 Å². The number of ether oxygens (including phenoxy) is 2. The Bertz CT molecular complexity index is 1040. The molecule has 0 aliphatic heterocycles. The topological polar surface area (TPSA) is 82.8 Å². The van der Waals surface area contributed by atoms with Crippen molar-refractivity contribution in [1.82, 2.24) is 14.6 Å². The van der Waals surface area contributed by atoms with Gasteiger partial charge in [-0.2, -0.15) is 9.61 Å². The Morgan fingerprint density at radius 1 is 1.27 bits per heavy atom. The fourth-order valence-corrected chi connectivity index (χ4v) is 3.84. The lowest BCUT2D eigenvalue weighted by Crippen LogP contribution is -2.16. The summed E-state index contributed by atoms with van der Waals surface area (Å²) in [6.45, 7) is 1.57. The van der Waals surface area contributed by atoms with E-state index in [-0.39, 0.29) is 18.8 Å². The van der Waals surface area contributed by atoms with Crippen molar-refractivity contribution in [3.8, 4) is 5.75 Å². The number of aryl methyl sites for hydroxylation is 3. The van der Waals surface area contributed by atoms with Gasteiger partial charge in [-0.25, -0.2) is 9.78 Å². The van der Waals surface area contributed by atoms with Gasteiger partial charge in [0.05, 0.1) is 0 Å². The number of carbonyl (C=O) groups excluding carboxylic acids is 1. The molecule has 0 radical (unpaired) electrons. The number of fused-ring (bicyclic) bond motifs is 2. The summed E-state index contributed by atoms with van der Waals surface area (Å²) in [6.07, 6.45) is 3.33. The van der Waals surface area contributed by atoms with E-state index in [1.165, 1.54) is 39.5 Å². The molecule has 0 amide bonds. The summed E-state index contributed by atoms with van der Waals surface area (Å²) in [5.41, 5.74) is 3.03. The molecule has 1 aromatic carbocycles. The second kappa shape index (κ2) is 6.87. The van der Waals surface area contributed by atoms with Gasteiger partial charge in [0.1, 0.15) is 12.4 Å². The van der Waals surface area contributed by atoms with Crippen molar-refractivity contribution in [2.24, 2.45) is 0 Å². The quantitative estimate of drug-likeness (QED) is 0.639. The highest BCUT2D eigenvalue weighted by molar-refractivity contribution is 7.16. The molecular weight excluding hydrogens is 354 g/mol. The lowest BCUT2D eigenvalue weighted by atomic mass is 10.1. The molecule has 0 saturated heterocycles. The standard InChI is InChI=1S/C18H17N3O4S/c1-11-7-16(22)21-18(19-11)26-15(20-21)9-25-17(23)10-24-14-6-5-12-3-2-4-13(12)8-14/h5-8H,2-4,9-10H2,1H3. The average Bonchev–Trinajstić information content (AvgIpc) is 3.24. The molecule has 2 aromatic heterocycles. The highest BCUT2D eigenvalue weighted by Crippen LogP contribution is 2.26. The predicted molar refractivity (Wildman–Crippen MR) is 95.6 cm³/mol. The van der Waals surface area contributed by atoms with Crippen LogP contribution < -0.4 is 10.3 Å². The molecule has 0 unspecified atom stereocenters. The molecule has 7 nitrogen and oxygen atoms in total. The molecular formula is C18H17N3O4S. The van der Waals surface area contributed by atoms with Gasteiger partial charge in [-0.15, -0.1) is 0 Å². The SMILES string of the molecule is Cc1cc(=O)n2nc(COC(=O)COc3ccc4c(c3)CCC4)sc2n1. The fourth-order valence-electron chi connectivity index (χ4n) is 2.98. The molecule has 3 aromatic rings. The van der Waals surface area contributed by atoms with E-state index in [0.29, 0.717) is 21.4 Å². The van der Waals surface area contributed by atoms with Crippen molar-refractivity contribution in [3.63, 3.8) is 0 Å². The van der Waals surface area contributed by atoms with Crippen molar-refractivity contribution < 1.29 is 14.3 Å². The Labute approximate surface area is 153 Å². The van der Waals surface area contributed by atoms with Crippen LogP contribution in [0.3, 0.4) is 0 Å². The number of hydrogen-bond acceptors (Lipinski definition) is 7. The van der Waals surface area contributed by atoms with Gasteiger partial charge in [0.15, 0.2) is 11.6 Å². The van der Waals surface area contributed by atoms with Gasteiger partial charge >= 0.3 is 5.97 Å². The number of aromatic nitrogens is 3. The van der Waals surface area contributed by atoms with Crippen molar-refractivity contribution in [3.05, 3.63) is 56.4 Å². The van der Waals surface area contributed by atoms with Gasteiger partial charge in [0.25, 0.3) is 5.56 Å². The van der Waals surface area contributed by atoms with Crippen molar-refractivity contribution >= 4 is 22.3 Å². The van der Waals surface area contributed by atoms with E-state index < -0.39 is 5.97 Å². The molecule has 134 valence electrons. The minimum Gasteiger partial charge on any atom is -0.482 e. The first kappa shape index (κ1) is 16.7. The van der Waals surface area contributed by atoms with Gasteiger partial charge in [-0.3, -0.25) is 4.79 Å². The number of rotatable bonds is 5. The third-order valence-electron chi connectivity index (χ3n) is 4.20. The predicted octanol–water partition coefficient (Wildman–Crippen LogP) is 2.07. The lowest BCUT2D eigenvalue weighted by Gasteiger charge is -2.07. The largest absolute Gasteiger partial charge is 0.482 e. The maximum Gasteiger partial charge on any atom is 0.344 e. The normalized spacial score (nSPS) is 13.0. The van der Waals surface area contributed by atoms with Gasteiger partial charge in [0, 0.05) is 11.8 Å².